The fourth-order valence-electron chi connectivity index (χ4n) is 6.57. The third-order valence-electron chi connectivity index (χ3n) is 8.89. The number of nitrogens with zero attached hydrogens (tertiary/aromatic N) is 2. The number of carbonyl (C=O) groups excluding carboxylic acids is 2. The van der Waals surface area contributed by atoms with E-state index >= 15 is 0 Å². The zero-order valence-corrected chi connectivity index (χ0v) is 20.4. The van der Waals surface area contributed by atoms with Gasteiger partial charge < -0.3 is 16.0 Å². The number of hydrogen-bond acceptors (Lipinski definition) is 4. The first-order valence-corrected chi connectivity index (χ1v) is 13.3. The van der Waals surface area contributed by atoms with Gasteiger partial charge in [-0.3, -0.25) is 9.59 Å². The zero-order valence-electron chi connectivity index (χ0n) is 20.4. The number of nitrogens with two attached hydrogens (primary N) is 1. The highest BCUT2D eigenvalue weighted by Crippen LogP contribution is 2.40. The molecule has 1 saturated heterocycles. The third kappa shape index (κ3) is 5.63. The molecular formula is C28H40N4O2. The minimum Gasteiger partial charge on any atom is -0.369 e. The maximum Gasteiger partial charge on any atom is 0.223 e. The summed E-state index contributed by atoms with van der Waals surface area (Å²) in [6.45, 7) is 1.69. The summed E-state index contributed by atoms with van der Waals surface area (Å²) in [7, 11) is 0. The van der Waals surface area contributed by atoms with Gasteiger partial charge in [0.2, 0.25) is 11.8 Å². The average molecular weight is 465 g/mol. The van der Waals surface area contributed by atoms with Gasteiger partial charge in [0.1, 0.15) is 5.54 Å². The topological polar surface area (TPSA) is 99.2 Å². The highest BCUT2D eigenvalue weighted by atomic mass is 16.2. The van der Waals surface area contributed by atoms with Crippen LogP contribution in [0.3, 0.4) is 0 Å². The molecule has 0 spiro atoms. The van der Waals surface area contributed by atoms with E-state index in [-0.39, 0.29) is 18.2 Å². The minimum absolute atomic E-state index is 0.121. The molecule has 6 nitrogen and oxygen atoms in total. The van der Waals surface area contributed by atoms with Gasteiger partial charge in [-0.1, -0.05) is 49.6 Å². The number of nitriles is 1. The Morgan fingerprint density at radius 1 is 1.00 bits per heavy atom. The van der Waals surface area contributed by atoms with Crippen LogP contribution in [0.2, 0.25) is 0 Å². The van der Waals surface area contributed by atoms with E-state index in [1.54, 1.807) is 0 Å². The van der Waals surface area contributed by atoms with Gasteiger partial charge in [0.15, 0.2) is 0 Å². The fraction of sp³-hybridized carbons (Fsp3) is 0.679. The molecule has 34 heavy (non-hydrogen) atoms. The van der Waals surface area contributed by atoms with Gasteiger partial charge in [-0.05, 0) is 69.3 Å². The molecule has 2 aliphatic carbocycles. The van der Waals surface area contributed by atoms with Crippen LogP contribution in [0.1, 0.15) is 95.0 Å². The molecule has 0 bridgehead atoms. The Bertz CT molecular complexity index is 871. The number of piperidine rings is 1. The summed E-state index contributed by atoms with van der Waals surface area (Å²) in [6.07, 6.45) is 11.6. The first-order valence-electron chi connectivity index (χ1n) is 13.3. The number of nitrogens with one attached hydrogen (secondary N) is 1. The van der Waals surface area contributed by atoms with Crippen molar-refractivity contribution in [2.75, 3.05) is 13.1 Å². The summed E-state index contributed by atoms with van der Waals surface area (Å²) < 4.78 is 0. The van der Waals surface area contributed by atoms with Gasteiger partial charge in [0.25, 0.3) is 0 Å². The van der Waals surface area contributed by atoms with Crippen molar-refractivity contribution in [1.29, 1.82) is 5.26 Å². The highest BCUT2D eigenvalue weighted by molar-refractivity contribution is 5.83. The normalized spacial score (nSPS) is 26.8. The van der Waals surface area contributed by atoms with Gasteiger partial charge in [0.05, 0.1) is 6.07 Å². The quantitative estimate of drug-likeness (QED) is 0.624. The number of benzene rings is 1. The molecule has 0 atom stereocenters. The Balaban J connectivity index is 1.25. The minimum atomic E-state index is -0.790. The van der Waals surface area contributed by atoms with E-state index in [0.717, 1.165) is 45.2 Å². The number of carbonyl (C=O) groups is 2. The number of rotatable bonds is 7. The highest BCUT2D eigenvalue weighted by Gasteiger charge is 2.41. The summed E-state index contributed by atoms with van der Waals surface area (Å²) in [5.74, 6) is 0.266. The number of amides is 2. The molecular weight excluding hydrogens is 424 g/mol. The van der Waals surface area contributed by atoms with E-state index in [2.05, 4.69) is 46.6 Å². The molecule has 1 heterocycles. The van der Waals surface area contributed by atoms with Crippen LogP contribution in [-0.2, 0) is 9.59 Å². The van der Waals surface area contributed by atoms with Gasteiger partial charge >= 0.3 is 0 Å². The van der Waals surface area contributed by atoms with Crippen LogP contribution in [0.5, 0.6) is 0 Å². The number of hydrogen-bond donors (Lipinski definition) is 2. The largest absolute Gasteiger partial charge is 0.369 e. The Hall–Kier alpha value is -2.39. The van der Waals surface area contributed by atoms with Crippen molar-refractivity contribution in [3.63, 3.8) is 0 Å². The molecule has 3 fully saturated rings. The second-order valence-corrected chi connectivity index (χ2v) is 10.9. The zero-order chi connectivity index (χ0) is 24.0. The van der Waals surface area contributed by atoms with Crippen molar-refractivity contribution >= 4 is 11.8 Å². The van der Waals surface area contributed by atoms with Gasteiger partial charge in [-0.25, -0.2) is 0 Å². The predicted octanol–water partition coefficient (Wildman–Crippen LogP) is 4.40. The van der Waals surface area contributed by atoms with Crippen LogP contribution >= 0.6 is 0 Å². The first kappa shape index (κ1) is 24.7. The van der Waals surface area contributed by atoms with Crippen LogP contribution in [0.25, 0.3) is 0 Å². The standard InChI is InChI=1S/C28H40N4O2/c29-21-28(31-25(33)13-16-27(26(30)34)14-5-2-6-15-27)17-19-32(20-18-28)24-11-9-23(10-12-24)22-7-3-1-4-8-22/h1,3-4,7-8,23-24H,2,5-6,9-20H2,(H2,30,34)(H,31,33). The molecule has 1 aromatic rings. The molecule has 2 amide bonds. The smallest absolute Gasteiger partial charge is 0.223 e. The molecule has 184 valence electrons. The lowest BCUT2D eigenvalue weighted by atomic mass is 9.70. The van der Waals surface area contributed by atoms with Gasteiger partial charge in [-0.15, -0.1) is 0 Å². The molecule has 3 N–H and O–H groups in total. The maximum atomic E-state index is 12.8. The molecule has 0 radical (unpaired) electrons. The van der Waals surface area contributed by atoms with Crippen molar-refractivity contribution in [3.05, 3.63) is 35.9 Å². The lowest BCUT2D eigenvalue weighted by Crippen LogP contribution is -2.56. The van der Waals surface area contributed by atoms with E-state index < -0.39 is 11.0 Å². The molecule has 0 aromatic heterocycles. The lowest BCUT2D eigenvalue weighted by Gasteiger charge is -2.43. The van der Waals surface area contributed by atoms with E-state index in [9.17, 15) is 14.9 Å². The van der Waals surface area contributed by atoms with Gasteiger partial charge in [-0.2, -0.15) is 5.26 Å². The van der Waals surface area contributed by atoms with E-state index in [4.69, 9.17) is 5.73 Å². The number of likely N-dealkylation sites (tertiary alicyclic amines) is 1. The van der Waals surface area contributed by atoms with Crippen molar-refractivity contribution in [2.45, 2.75) is 101 Å². The van der Waals surface area contributed by atoms with Crippen molar-refractivity contribution < 1.29 is 9.59 Å². The van der Waals surface area contributed by atoms with E-state index in [0.29, 0.717) is 31.2 Å². The van der Waals surface area contributed by atoms with Crippen molar-refractivity contribution in [3.8, 4) is 6.07 Å². The summed E-state index contributed by atoms with van der Waals surface area (Å²) in [4.78, 5) is 27.5. The third-order valence-corrected chi connectivity index (χ3v) is 8.89. The van der Waals surface area contributed by atoms with Crippen LogP contribution in [-0.4, -0.2) is 41.4 Å². The van der Waals surface area contributed by atoms with Crippen LogP contribution in [0.15, 0.2) is 30.3 Å². The van der Waals surface area contributed by atoms with Crippen LogP contribution < -0.4 is 11.1 Å². The fourth-order valence-corrected chi connectivity index (χ4v) is 6.57. The molecule has 2 saturated carbocycles. The molecule has 1 aliphatic heterocycles. The summed E-state index contributed by atoms with van der Waals surface area (Å²) in [5.41, 5.74) is 5.85. The van der Waals surface area contributed by atoms with E-state index in [1.165, 1.54) is 31.2 Å². The van der Waals surface area contributed by atoms with Crippen molar-refractivity contribution in [1.82, 2.24) is 10.2 Å². The monoisotopic (exact) mass is 464 g/mol. The molecule has 3 aliphatic rings. The maximum absolute atomic E-state index is 12.8. The van der Waals surface area contributed by atoms with E-state index in [1.807, 2.05) is 0 Å². The molecule has 0 unspecified atom stereocenters. The Morgan fingerprint density at radius 3 is 2.24 bits per heavy atom. The summed E-state index contributed by atoms with van der Waals surface area (Å²) in [5, 5.41) is 13.0. The second-order valence-electron chi connectivity index (χ2n) is 10.9. The van der Waals surface area contributed by atoms with Crippen LogP contribution in [0, 0.1) is 16.7 Å². The predicted molar refractivity (Wildman–Crippen MR) is 133 cm³/mol. The molecule has 6 heteroatoms. The Labute approximate surface area is 204 Å². The SMILES string of the molecule is N#CC1(NC(=O)CCC2(C(N)=O)CCCCC2)CCN(C2CCC(c3ccccc3)CC2)CC1. The first-order chi connectivity index (χ1) is 16.5. The Morgan fingerprint density at radius 2 is 1.65 bits per heavy atom. The lowest BCUT2D eigenvalue weighted by molar-refractivity contribution is -0.131. The van der Waals surface area contributed by atoms with Gasteiger partial charge in [0, 0.05) is 31.0 Å². The molecule has 1 aromatic carbocycles. The van der Waals surface area contributed by atoms with Crippen molar-refractivity contribution in [2.24, 2.45) is 11.1 Å². The number of primary amides is 1. The Kier molecular flexibility index (Phi) is 7.93. The van der Waals surface area contributed by atoms with Crippen LogP contribution in [0.4, 0.5) is 0 Å². The second kappa shape index (κ2) is 10.9. The summed E-state index contributed by atoms with van der Waals surface area (Å²) >= 11 is 0. The average Bonchev–Trinajstić information content (AvgIpc) is 2.89. The molecule has 4 rings (SSSR count). The summed E-state index contributed by atoms with van der Waals surface area (Å²) in [6, 6.07) is 13.8.